The molecule has 3 aliphatic rings. The van der Waals surface area contributed by atoms with Gasteiger partial charge in [0.1, 0.15) is 5.82 Å². The van der Waals surface area contributed by atoms with E-state index in [-0.39, 0.29) is 18.5 Å². The number of rotatable bonds is 6. The van der Waals surface area contributed by atoms with Crippen molar-refractivity contribution in [3.63, 3.8) is 0 Å². The van der Waals surface area contributed by atoms with Gasteiger partial charge < -0.3 is 15.2 Å². The molecule has 2 aromatic heterocycles. The zero-order valence-electron chi connectivity index (χ0n) is 23.7. The summed E-state index contributed by atoms with van der Waals surface area (Å²) in [5.41, 5.74) is 12.2. The smallest absolute Gasteiger partial charge is 0.281 e. The van der Waals surface area contributed by atoms with Crippen LogP contribution in [0, 0.1) is 6.92 Å². The highest BCUT2D eigenvalue weighted by Crippen LogP contribution is 2.35. The van der Waals surface area contributed by atoms with E-state index in [1.165, 1.54) is 5.57 Å². The summed E-state index contributed by atoms with van der Waals surface area (Å²) in [6.07, 6.45) is 8.93. The molecule has 10 heteroatoms. The molecular formula is C29H39N9O. The van der Waals surface area contributed by atoms with Gasteiger partial charge >= 0.3 is 0 Å². The molecule has 3 aliphatic heterocycles. The highest BCUT2D eigenvalue weighted by atomic mass is 16.2. The zero-order valence-corrected chi connectivity index (χ0v) is 23.7. The Hall–Kier alpha value is -3.75. The average Bonchev–Trinajstić information content (AvgIpc) is 3.53. The van der Waals surface area contributed by atoms with Crippen molar-refractivity contribution >= 4 is 35.4 Å². The number of aliphatic imine (C=N–C) groups is 1. The number of hydrogen-bond donors (Lipinski definition) is 1. The molecule has 0 saturated carbocycles. The first kappa shape index (κ1) is 26.8. The van der Waals surface area contributed by atoms with Crippen molar-refractivity contribution in [2.24, 2.45) is 10.7 Å². The molecule has 5 heterocycles. The predicted octanol–water partition coefficient (Wildman–Crippen LogP) is 1.85. The summed E-state index contributed by atoms with van der Waals surface area (Å²) in [7, 11) is 0. The van der Waals surface area contributed by atoms with E-state index in [0.29, 0.717) is 42.9 Å². The van der Waals surface area contributed by atoms with Gasteiger partial charge in [-0.25, -0.2) is 9.97 Å². The number of carbonyl (C=O) groups excluding carboxylic acids is 1. The Morgan fingerprint density at radius 2 is 2.03 bits per heavy atom. The lowest BCUT2D eigenvalue weighted by atomic mass is 10.1. The summed E-state index contributed by atoms with van der Waals surface area (Å²) in [5, 5.41) is 1.73. The maximum Gasteiger partial charge on any atom is 0.281 e. The number of aromatic nitrogens is 4. The fourth-order valence-corrected chi connectivity index (χ4v) is 5.47. The second-order valence-electron chi connectivity index (χ2n) is 10.6. The second kappa shape index (κ2) is 11.2. The molecule has 2 N–H and O–H groups in total. The van der Waals surface area contributed by atoms with Gasteiger partial charge in [0.25, 0.3) is 5.91 Å². The first-order chi connectivity index (χ1) is 18.8. The quantitative estimate of drug-likeness (QED) is 0.569. The molecule has 1 atom stereocenters. The number of hydrogen-bond acceptors (Lipinski definition) is 8. The van der Waals surface area contributed by atoms with Gasteiger partial charge in [0.15, 0.2) is 11.5 Å². The third-order valence-electron chi connectivity index (χ3n) is 7.26. The zero-order chi connectivity index (χ0) is 27.7. The van der Waals surface area contributed by atoms with Crippen LogP contribution in [0.3, 0.4) is 0 Å². The maximum absolute atomic E-state index is 14.3. The minimum atomic E-state index is -0.129. The first-order valence-corrected chi connectivity index (χ1v) is 14.0. The van der Waals surface area contributed by atoms with Crippen LogP contribution in [0.5, 0.6) is 0 Å². The molecule has 5 rings (SSSR count). The average molecular weight is 530 g/mol. The molecule has 39 heavy (non-hydrogen) atoms. The largest absolute Gasteiger partial charge is 0.341 e. The minimum absolute atomic E-state index is 0.0952. The van der Waals surface area contributed by atoms with Crippen LogP contribution in [0.1, 0.15) is 69.0 Å². The van der Waals surface area contributed by atoms with Gasteiger partial charge in [-0.15, -0.1) is 5.73 Å². The Kier molecular flexibility index (Phi) is 7.68. The van der Waals surface area contributed by atoms with Crippen LogP contribution in [0.25, 0.3) is 11.8 Å². The fourth-order valence-electron chi connectivity index (χ4n) is 5.47. The number of piperidine rings is 1. The SMILES string of the molecule is CC=C=c1c(C)nc(CN2C(=O)c3c(nc(N4CCCC(N)C4)n3CC=C(C)C)N3CCN=C23)nc1=CCC. The Bertz CT molecular complexity index is 1490. The molecule has 2 aromatic rings. The summed E-state index contributed by atoms with van der Waals surface area (Å²) in [6, 6.07) is 0.0952. The minimum Gasteiger partial charge on any atom is -0.341 e. The molecule has 0 bridgehead atoms. The van der Waals surface area contributed by atoms with Crippen molar-refractivity contribution in [2.75, 3.05) is 36.0 Å². The number of carbonyl (C=O) groups is 1. The molecule has 0 aliphatic carbocycles. The molecule has 1 saturated heterocycles. The van der Waals surface area contributed by atoms with Crippen molar-refractivity contribution < 1.29 is 4.79 Å². The van der Waals surface area contributed by atoms with E-state index in [9.17, 15) is 4.79 Å². The third kappa shape index (κ3) is 5.14. The van der Waals surface area contributed by atoms with Gasteiger partial charge in [-0.1, -0.05) is 24.6 Å². The molecule has 0 aromatic carbocycles. The molecular weight excluding hydrogens is 490 g/mol. The molecule has 10 nitrogen and oxygen atoms in total. The Balaban J connectivity index is 1.60. The number of imidazole rings is 1. The molecule has 1 amide bonds. The summed E-state index contributed by atoms with van der Waals surface area (Å²) in [6.45, 7) is 13.8. The van der Waals surface area contributed by atoms with E-state index in [1.807, 2.05) is 19.9 Å². The van der Waals surface area contributed by atoms with Crippen LogP contribution in [-0.2, 0) is 13.1 Å². The van der Waals surface area contributed by atoms with Crippen LogP contribution in [0.15, 0.2) is 22.7 Å². The Labute approximate surface area is 229 Å². The van der Waals surface area contributed by atoms with E-state index in [0.717, 1.165) is 54.6 Å². The monoisotopic (exact) mass is 529 g/mol. The first-order valence-electron chi connectivity index (χ1n) is 14.0. The highest BCUT2D eigenvalue weighted by molar-refractivity contribution is 6.18. The summed E-state index contributed by atoms with van der Waals surface area (Å²) < 4.78 is 2.05. The fraction of sp³-hybridized carbons (Fsp3) is 0.517. The predicted molar refractivity (Wildman–Crippen MR) is 155 cm³/mol. The number of nitrogens with zero attached hydrogens (tertiary/aromatic N) is 8. The van der Waals surface area contributed by atoms with Gasteiger partial charge in [-0.05, 0) is 53.0 Å². The standard InChI is InChI=1S/C29H39N9O/c1-6-9-22-20(5)32-24(33-23(22)10-7-2)18-38-27(39)25-26(37-16-13-31-28(37)38)34-29(36(25)15-12-19(3)4)35-14-8-11-21(30)17-35/h6,10,12,21H,7-8,11,13-18,30H2,1-5H3. The van der Waals surface area contributed by atoms with Gasteiger partial charge in [-0.3, -0.25) is 19.6 Å². The number of amides is 1. The lowest BCUT2D eigenvalue weighted by molar-refractivity contribution is 0.0820. The number of anilines is 2. The van der Waals surface area contributed by atoms with E-state index in [4.69, 9.17) is 25.7 Å². The van der Waals surface area contributed by atoms with Crippen LogP contribution < -0.4 is 26.1 Å². The highest BCUT2D eigenvalue weighted by Gasteiger charge is 2.43. The van der Waals surface area contributed by atoms with E-state index >= 15 is 0 Å². The molecule has 1 unspecified atom stereocenters. The normalized spacial score (nSPS) is 19.1. The van der Waals surface area contributed by atoms with Crippen molar-refractivity contribution in [3.05, 3.63) is 45.5 Å². The second-order valence-corrected chi connectivity index (χ2v) is 10.6. The van der Waals surface area contributed by atoms with Gasteiger partial charge in [0, 0.05) is 32.2 Å². The Morgan fingerprint density at radius 3 is 2.74 bits per heavy atom. The van der Waals surface area contributed by atoms with E-state index < -0.39 is 0 Å². The third-order valence-corrected chi connectivity index (χ3v) is 7.26. The van der Waals surface area contributed by atoms with Crippen LogP contribution in [0.4, 0.5) is 11.8 Å². The number of aryl methyl sites for hydroxylation is 1. The summed E-state index contributed by atoms with van der Waals surface area (Å²) >= 11 is 0. The van der Waals surface area contributed by atoms with Gasteiger partial charge in [-0.2, -0.15) is 4.98 Å². The van der Waals surface area contributed by atoms with Gasteiger partial charge in [0.05, 0.1) is 29.4 Å². The molecule has 0 spiro atoms. The Morgan fingerprint density at radius 1 is 1.21 bits per heavy atom. The summed E-state index contributed by atoms with van der Waals surface area (Å²) in [5.74, 6) is 2.55. The molecule has 1 fully saturated rings. The number of guanidine groups is 1. The number of nitrogens with two attached hydrogens (primary N) is 1. The topological polar surface area (TPSA) is 109 Å². The van der Waals surface area contributed by atoms with Crippen LogP contribution in [-0.4, -0.2) is 68.5 Å². The van der Waals surface area contributed by atoms with Crippen molar-refractivity contribution in [1.82, 2.24) is 24.4 Å². The van der Waals surface area contributed by atoms with Crippen molar-refractivity contribution in [3.8, 4) is 0 Å². The van der Waals surface area contributed by atoms with E-state index in [1.54, 1.807) is 4.90 Å². The molecule has 206 valence electrons. The molecule has 0 radical (unpaired) electrons. The van der Waals surface area contributed by atoms with Crippen molar-refractivity contribution in [2.45, 2.75) is 73.0 Å². The maximum atomic E-state index is 14.3. The number of allylic oxidation sites excluding steroid dienone is 3. The van der Waals surface area contributed by atoms with Crippen LogP contribution in [0.2, 0.25) is 0 Å². The van der Waals surface area contributed by atoms with Crippen molar-refractivity contribution in [1.29, 1.82) is 0 Å². The van der Waals surface area contributed by atoms with Crippen LogP contribution >= 0.6 is 0 Å². The lowest BCUT2D eigenvalue weighted by Gasteiger charge is -2.33. The lowest BCUT2D eigenvalue weighted by Crippen LogP contribution is -2.51. The van der Waals surface area contributed by atoms with Gasteiger partial charge in [0.2, 0.25) is 11.9 Å². The number of fused-ring (bicyclic) bond motifs is 3. The van der Waals surface area contributed by atoms with E-state index in [2.05, 4.69) is 53.0 Å². The summed E-state index contributed by atoms with van der Waals surface area (Å²) in [4.78, 5) is 39.7.